The molecule has 5 heteroatoms. The number of piperazine rings is 1. The summed E-state index contributed by atoms with van der Waals surface area (Å²) < 4.78 is 4.53. The molecule has 0 aromatic rings. The Morgan fingerprint density at radius 3 is 2.64 bits per heavy atom. The van der Waals surface area contributed by atoms with Gasteiger partial charge in [-0.15, -0.1) is 0 Å². The standard InChI is InChI=1S/C9H18N2O3/c1-9(2)6-11(5-4-10(9)3)8(13)14-7-12/h12H,4-7H2,1-3H3. The monoisotopic (exact) mass is 202 g/mol. The highest BCUT2D eigenvalue weighted by Gasteiger charge is 2.33. The molecule has 0 unspecified atom stereocenters. The van der Waals surface area contributed by atoms with Gasteiger partial charge in [0.2, 0.25) is 0 Å². The van der Waals surface area contributed by atoms with Crippen LogP contribution in [0.1, 0.15) is 13.8 Å². The van der Waals surface area contributed by atoms with Gasteiger partial charge in [-0.3, -0.25) is 4.90 Å². The van der Waals surface area contributed by atoms with Gasteiger partial charge in [-0.25, -0.2) is 4.79 Å². The first-order chi connectivity index (χ1) is 6.47. The Labute approximate surface area is 84.2 Å². The largest absolute Gasteiger partial charge is 0.422 e. The van der Waals surface area contributed by atoms with Crippen molar-refractivity contribution in [2.75, 3.05) is 33.5 Å². The van der Waals surface area contributed by atoms with Crippen LogP contribution in [0.5, 0.6) is 0 Å². The number of amides is 1. The third-order valence-corrected chi connectivity index (χ3v) is 2.76. The first-order valence-electron chi connectivity index (χ1n) is 4.71. The molecule has 1 fully saturated rings. The van der Waals surface area contributed by atoms with E-state index in [0.29, 0.717) is 13.1 Å². The third kappa shape index (κ3) is 2.36. The van der Waals surface area contributed by atoms with Crippen molar-refractivity contribution in [2.24, 2.45) is 0 Å². The lowest BCUT2D eigenvalue weighted by Crippen LogP contribution is -2.58. The van der Waals surface area contributed by atoms with E-state index in [9.17, 15) is 4.79 Å². The molecule has 1 aliphatic heterocycles. The zero-order chi connectivity index (χ0) is 10.8. The van der Waals surface area contributed by atoms with Gasteiger partial charge in [0.25, 0.3) is 0 Å². The van der Waals surface area contributed by atoms with E-state index in [1.54, 1.807) is 4.90 Å². The maximum Gasteiger partial charge on any atom is 0.411 e. The first kappa shape index (κ1) is 11.3. The highest BCUT2D eigenvalue weighted by atomic mass is 16.6. The zero-order valence-corrected chi connectivity index (χ0v) is 8.99. The minimum absolute atomic E-state index is 0.0350. The summed E-state index contributed by atoms with van der Waals surface area (Å²) in [7, 11) is 2.04. The lowest BCUT2D eigenvalue weighted by Gasteiger charge is -2.44. The van der Waals surface area contributed by atoms with Crippen molar-refractivity contribution >= 4 is 6.09 Å². The second kappa shape index (κ2) is 4.14. The minimum atomic E-state index is -0.550. The van der Waals surface area contributed by atoms with E-state index in [0.717, 1.165) is 6.54 Å². The lowest BCUT2D eigenvalue weighted by atomic mass is 10.0. The van der Waals surface area contributed by atoms with Crippen LogP contribution in [-0.2, 0) is 4.74 Å². The maximum atomic E-state index is 11.3. The van der Waals surface area contributed by atoms with Crippen LogP contribution in [0, 0.1) is 0 Å². The molecule has 0 aromatic heterocycles. The smallest absolute Gasteiger partial charge is 0.411 e. The summed E-state index contributed by atoms with van der Waals surface area (Å²) >= 11 is 0. The molecule has 0 saturated carbocycles. The molecule has 14 heavy (non-hydrogen) atoms. The summed E-state index contributed by atoms with van der Waals surface area (Å²) in [5.74, 6) is 0. The number of aliphatic hydroxyl groups excluding tert-OH is 1. The number of hydrogen-bond acceptors (Lipinski definition) is 4. The van der Waals surface area contributed by atoms with Crippen molar-refractivity contribution in [3.05, 3.63) is 0 Å². The van der Waals surface area contributed by atoms with Gasteiger partial charge in [0.05, 0.1) is 0 Å². The van der Waals surface area contributed by atoms with Crippen LogP contribution in [0.2, 0.25) is 0 Å². The van der Waals surface area contributed by atoms with Crippen molar-refractivity contribution in [3.63, 3.8) is 0 Å². The van der Waals surface area contributed by atoms with Crippen LogP contribution in [0.15, 0.2) is 0 Å². The van der Waals surface area contributed by atoms with E-state index >= 15 is 0 Å². The number of carbonyl (C=O) groups excluding carboxylic acids is 1. The topological polar surface area (TPSA) is 53.0 Å². The van der Waals surface area contributed by atoms with Crippen LogP contribution in [-0.4, -0.2) is 60.0 Å². The molecule has 5 nitrogen and oxygen atoms in total. The number of nitrogens with zero attached hydrogens (tertiary/aromatic N) is 2. The lowest BCUT2D eigenvalue weighted by molar-refractivity contribution is -0.00638. The number of carbonyl (C=O) groups is 1. The Hall–Kier alpha value is -0.810. The highest BCUT2D eigenvalue weighted by molar-refractivity contribution is 5.67. The zero-order valence-electron chi connectivity index (χ0n) is 8.99. The summed E-state index contributed by atoms with van der Waals surface area (Å²) in [6, 6.07) is 0. The van der Waals surface area contributed by atoms with Crippen LogP contribution in [0.25, 0.3) is 0 Å². The van der Waals surface area contributed by atoms with Crippen LogP contribution in [0.3, 0.4) is 0 Å². The van der Waals surface area contributed by atoms with Gasteiger partial charge in [-0.2, -0.15) is 0 Å². The van der Waals surface area contributed by atoms with E-state index in [2.05, 4.69) is 23.5 Å². The fourth-order valence-electron chi connectivity index (χ4n) is 1.54. The molecule has 0 aliphatic carbocycles. The molecule has 82 valence electrons. The summed E-state index contributed by atoms with van der Waals surface area (Å²) in [5, 5.41) is 8.47. The van der Waals surface area contributed by atoms with E-state index < -0.39 is 12.9 Å². The van der Waals surface area contributed by atoms with Gasteiger partial charge in [-0.1, -0.05) is 0 Å². The second-order valence-corrected chi connectivity index (χ2v) is 4.19. The summed E-state index contributed by atoms with van der Waals surface area (Å²) in [5.41, 5.74) is -0.0350. The Morgan fingerprint density at radius 1 is 1.50 bits per heavy atom. The number of rotatable bonds is 1. The van der Waals surface area contributed by atoms with E-state index in [4.69, 9.17) is 5.11 Å². The molecule has 1 amide bonds. The van der Waals surface area contributed by atoms with Crippen LogP contribution < -0.4 is 0 Å². The van der Waals surface area contributed by atoms with Gasteiger partial charge in [-0.05, 0) is 20.9 Å². The Morgan fingerprint density at radius 2 is 2.14 bits per heavy atom. The summed E-state index contributed by atoms with van der Waals surface area (Å²) in [6.07, 6.45) is -0.436. The Kier molecular flexibility index (Phi) is 3.34. The first-order valence-corrected chi connectivity index (χ1v) is 4.71. The van der Waals surface area contributed by atoms with Gasteiger partial charge >= 0.3 is 6.09 Å². The molecule has 1 saturated heterocycles. The third-order valence-electron chi connectivity index (χ3n) is 2.76. The Bertz CT molecular complexity index is 218. The van der Waals surface area contributed by atoms with Crippen molar-refractivity contribution in [2.45, 2.75) is 19.4 Å². The maximum absolute atomic E-state index is 11.3. The second-order valence-electron chi connectivity index (χ2n) is 4.19. The molecule has 0 bridgehead atoms. The predicted molar refractivity (Wildman–Crippen MR) is 51.8 cm³/mol. The molecular formula is C9H18N2O3. The SMILES string of the molecule is CN1CCN(C(=O)OCO)CC1(C)C. The number of hydrogen-bond donors (Lipinski definition) is 1. The highest BCUT2D eigenvalue weighted by Crippen LogP contribution is 2.19. The number of ether oxygens (including phenoxy) is 1. The molecule has 0 aromatic carbocycles. The molecule has 1 N–H and O–H groups in total. The summed E-state index contributed by atoms with van der Waals surface area (Å²) in [4.78, 5) is 15.1. The summed E-state index contributed by atoms with van der Waals surface area (Å²) in [6.45, 7) is 5.71. The van der Waals surface area contributed by atoms with Gasteiger partial charge in [0.15, 0.2) is 6.79 Å². The molecule has 1 aliphatic rings. The molecule has 0 radical (unpaired) electrons. The van der Waals surface area contributed by atoms with Crippen molar-refractivity contribution < 1.29 is 14.6 Å². The van der Waals surface area contributed by atoms with Crippen molar-refractivity contribution in [1.82, 2.24) is 9.80 Å². The quantitative estimate of drug-likeness (QED) is 0.613. The van der Waals surface area contributed by atoms with Crippen LogP contribution >= 0.6 is 0 Å². The fraction of sp³-hybridized carbons (Fsp3) is 0.889. The van der Waals surface area contributed by atoms with Gasteiger partial charge in [0, 0.05) is 25.2 Å². The van der Waals surface area contributed by atoms with Crippen molar-refractivity contribution in [3.8, 4) is 0 Å². The molecule has 1 heterocycles. The molecular weight excluding hydrogens is 184 g/mol. The number of likely N-dealkylation sites (N-methyl/N-ethyl adjacent to an activating group) is 1. The predicted octanol–water partition coefficient (Wildman–Crippen LogP) is 0.0988. The number of aliphatic hydroxyl groups is 1. The minimum Gasteiger partial charge on any atom is -0.422 e. The molecule has 1 rings (SSSR count). The van der Waals surface area contributed by atoms with Crippen LogP contribution in [0.4, 0.5) is 4.79 Å². The Balaban J connectivity index is 2.55. The van der Waals surface area contributed by atoms with E-state index in [1.165, 1.54) is 0 Å². The fourth-order valence-corrected chi connectivity index (χ4v) is 1.54. The molecule has 0 spiro atoms. The van der Waals surface area contributed by atoms with E-state index in [-0.39, 0.29) is 5.54 Å². The molecule has 0 atom stereocenters. The van der Waals surface area contributed by atoms with E-state index in [1.807, 2.05) is 7.05 Å². The van der Waals surface area contributed by atoms with Crippen molar-refractivity contribution in [1.29, 1.82) is 0 Å². The van der Waals surface area contributed by atoms with Gasteiger partial charge < -0.3 is 14.7 Å². The average Bonchev–Trinajstić information content (AvgIpc) is 2.10. The van der Waals surface area contributed by atoms with Gasteiger partial charge in [0.1, 0.15) is 0 Å². The average molecular weight is 202 g/mol. The normalized spacial score (nSPS) is 22.1.